The Labute approximate surface area is 101 Å². The van der Waals surface area contributed by atoms with Crippen LogP contribution in [-0.2, 0) is 6.18 Å². The fourth-order valence-corrected chi connectivity index (χ4v) is 1.36. The highest BCUT2D eigenvalue weighted by atomic mass is 19.4. The molecule has 0 fully saturated rings. The molecule has 18 heavy (non-hydrogen) atoms. The lowest BCUT2D eigenvalue weighted by Gasteiger charge is -1.99. The molecule has 92 valence electrons. The normalized spacial score (nSPS) is 10.9. The maximum Gasteiger partial charge on any atom is 0.432 e. The summed E-state index contributed by atoms with van der Waals surface area (Å²) in [5, 5.41) is 5.53. The fraction of sp³-hybridized carbons (Fsp3) is 0.167. The van der Waals surface area contributed by atoms with Crippen LogP contribution < -0.4 is 0 Å². The van der Waals surface area contributed by atoms with Crippen LogP contribution in [0.15, 0.2) is 24.4 Å². The van der Waals surface area contributed by atoms with Crippen LogP contribution in [-0.4, -0.2) is 15.2 Å². The quantitative estimate of drug-likeness (QED) is 0.792. The van der Waals surface area contributed by atoms with Gasteiger partial charge in [-0.05, 0) is 25.1 Å². The smallest absolute Gasteiger partial charge is 0.273 e. The summed E-state index contributed by atoms with van der Waals surface area (Å²) < 4.78 is 37.1. The Bertz CT molecular complexity index is 600. The number of H-pyrrole nitrogens is 1. The van der Waals surface area contributed by atoms with Crippen LogP contribution in [0.5, 0.6) is 0 Å². The molecule has 2 aromatic rings. The van der Waals surface area contributed by atoms with E-state index in [1.165, 1.54) is 6.20 Å². The van der Waals surface area contributed by atoms with Gasteiger partial charge in [0, 0.05) is 11.8 Å². The van der Waals surface area contributed by atoms with Gasteiger partial charge in [-0.2, -0.15) is 18.3 Å². The SMILES string of the molecule is CC#Cc1ccc(-c2cc(C(F)(F)F)[nH]n2)nc1. The van der Waals surface area contributed by atoms with Crippen molar-refractivity contribution in [3.8, 4) is 23.2 Å². The van der Waals surface area contributed by atoms with E-state index in [1.807, 2.05) is 5.10 Å². The van der Waals surface area contributed by atoms with Gasteiger partial charge in [-0.3, -0.25) is 10.1 Å². The molecule has 0 aliphatic rings. The van der Waals surface area contributed by atoms with Gasteiger partial charge in [0.25, 0.3) is 0 Å². The highest BCUT2D eigenvalue weighted by Crippen LogP contribution is 2.29. The number of aromatic nitrogens is 3. The molecule has 2 heterocycles. The molecule has 2 rings (SSSR count). The molecule has 0 saturated carbocycles. The van der Waals surface area contributed by atoms with Gasteiger partial charge >= 0.3 is 6.18 Å². The topological polar surface area (TPSA) is 41.6 Å². The first-order valence-electron chi connectivity index (χ1n) is 5.02. The Morgan fingerprint density at radius 3 is 2.50 bits per heavy atom. The predicted molar refractivity (Wildman–Crippen MR) is 59.4 cm³/mol. The minimum atomic E-state index is -4.43. The minimum absolute atomic E-state index is 0.151. The Morgan fingerprint density at radius 2 is 2.00 bits per heavy atom. The summed E-state index contributed by atoms with van der Waals surface area (Å²) in [6, 6.07) is 4.18. The van der Waals surface area contributed by atoms with Gasteiger partial charge in [-0.15, -0.1) is 5.92 Å². The van der Waals surface area contributed by atoms with Crippen molar-refractivity contribution in [1.29, 1.82) is 0 Å². The number of nitrogens with zero attached hydrogens (tertiary/aromatic N) is 2. The molecule has 3 nitrogen and oxygen atoms in total. The molecule has 0 amide bonds. The van der Waals surface area contributed by atoms with E-state index in [-0.39, 0.29) is 5.69 Å². The molecule has 0 atom stereocenters. The molecule has 0 radical (unpaired) electrons. The van der Waals surface area contributed by atoms with Gasteiger partial charge in [-0.25, -0.2) is 0 Å². The van der Waals surface area contributed by atoms with Crippen LogP contribution in [0.2, 0.25) is 0 Å². The van der Waals surface area contributed by atoms with Crippen molar-refractivity contribution in [2.45, 2.75) is 13.1 Å². The van der Waals surface area contributed by atoms with E-state index in [2.05, 4.69) is 21.9 Å². The Hall–Kier alpha value is -2.29. The molecule has 0 spiro atoms. The first kappa shape index (κ1) is 12.2. The average molecular weight is 251 g/mol. The predicted octanol–water partition coefficient (Wildman–Crippen LogP) is 2.86. The summed E-state index contributed by atoms with van der Waals surface area (Å²) in [6.45, 7) is 1.69. The molecule has 2 aromatic heterocycles. The number of hydrogen-bond acceptors (Lipinski definition) is 2. The summed E-state index contributed by atoms with van der Waals surface area (Å²) in [6.07, 6.45) is -2.94. The number of pyridine rings is 1. The average Bonchev–Trinajstić information content (AvgIpc) is 2.79. The molecular formula is C12H8F3N3. The maximum atomic E-state index is 12.4. The highest BCUT2D eigenvalue weighted by molar-refractivity contribution is 5.55. The lowest BCUT2D eigenvalue weighted by Crippen LogP contribution is -2.04. The monoisotopic (exact) mass is 251 g/mol. The number of hydrogen-bond donors (Lipinski definition) is 1. The van der Waals surface area contributed by atoms with Crippen molar-refractivity contribution in [3.63, 3.8) is 0 Å². The second-order valence-corrected chi connectivity index (χ2v) is 3.47. The number of aromatic amines is 1. The summed E-state index contributed by atoms with van der Waals surface area (Å²) >= 11 is 0. The van der Waals surface area contributed by atoms with Crippen molar-refractivity contribution in [2.24, 2.45) is 0 Å². The molecule has 0 saturated heterocycles. The zero-order chi connectivity index (χ0) is 13.2. The van der Waals surface area contributed by atoms with Gasteiger partial charge < -0.3 is 0 Å². The third kappa shape index (κ3) is 2.51. The van der Waals surface area contributed by atoms with Crippen molar-refractivity contribution in [2.75, 3.05) is 0 Å². The van der Waals surface area contributed by atoms with Gasteiger partial charge in [0.1, 0.15) is 11.4 Å². The van der Waals surface area contributed by atoms with E-state index in [0.717, 1.165) is 6.07 Å². The second kappa shape index (κ2) is 4.53. The lowest BCUT2D eigenvalue weighted by atomic mass is 10.2. The molecule has 0 aromatic carbocycles. The molecule has 0 aliphatic carbocycles. The minimum Gasteiger partial charge on any atom is -0.273 e. The van der Waals surface area contributed by atoms with Crippen LogP contribution in [0.1, 0.15) is 18.2 Å². The van der Waals surface area contributed by atoms with Crippen molar-refractivity contribution in [3.05, 3.63) is 35.7 Å². The molecular weight excluding hydrogens is 243 g/mol. The third-order valence-corrected chi connectivity index (χ3v) is 2.18. The van der Waals surface area contributed by atoms with Crippen LogP contribution in [0.3, 0.4) is 0 Å². The number of alkyl halides is 3. The molecule has 0 unspecified atom stereocenters. The van der Waals surface area contributed by atoms with E-state index >= 15 is 0 Å². The first-order valence-corrected chi connectivity index (χ1v) is 5.02. The van der Waals surface area contributed by atoms with E-state index in [4.69, 9.17) is 0 Å². The summed E-state index contributed by atoms with van der Waals surface area (Å²) in [7, 11) is 0. The van der Waals surface area contributed by atoms with Crippen LogP contribution >= 0.6 is 0 Å². The maximum absolute atomic E-state index is 12.4. The zero-order valence-corrected chi connectivity index (χ0v) is 9.34. The van der Waals surface area contributed by atoms with Crippen LogP contribution in [0, 0.1) is 11.8 Å². The Morgan fingerprint density at radius 1 is 1.22 bits per heavy atom. The van der Waals surface area contributed by atoms with E-state index in [1.54, 1.807) is 19.1 Å². The van der Waals surface area contributed by atoms with Crippen molar-refractivity contribution >= 4 is 0 Å². The van der Waals surface area contributed by atoms with E-state index in [9.17, 15) is 13.2 Å². The first-order chi connectivity index (χ1) is 8.50. The number of halogens is 3. The van der Waals surface area contributed by atoms with E-state index < -0.39 is 11.9 Å². The molecule has 1 N–H and O–H groups in total. The standard InChI is InChI=1S/C12H8F3N3/c1-2-3-8-4-5-9(16-7-8)10-6-11(18-17-10)12(13,14)15/h4-7H,1H3,(H,17,18). The van der Waals surface area contributed by atoms with E-state index in [0.29, 0.717) is 11.3 Å². The van der Waals surface area contributed by atoms with Crippen LogP contribution in [0.4, 0.5) is 13.2 Å². The summed E-state index contributed by atoms with van der Waals surface area (Å²) in [5.41, 5.74) is 0.325. The fourth-order valence-electron chi connectivity index (χ4n) is 1.36. The zero-order valence-electron chi connectivity index (χ0n) is 9.34. The summed E-state index contributed by atoms with van der Waals surface area (Å²) in [4.78, 5) is 4.01. The van der Waals surface area contributed by atoms with Gasteiger partial charge in [0.2, 0.25) is 0 Å². The third-order valence-electron chi connectivity index (χ3n) is 2.18. The largest absolute Gasteiger partial charge is 0.432 e. The van der Waals surface area contributed by atoms with Gasteiger partial charge in [0.05, 0.1) is 5.69 Å². The summed E-state index contributed by atoms with van der Waals surface area (Å²) in [5.74, 6) is 5.50. The number of rotatable bonds is 1. The Kier molecular flexibility index (Phi) is 3.06. The molecule has 0 bridgehead atoms. The van der Waals surface area contributed by atoms with Gasteiger partial charge in [-0.1, -0.05) is 5.92 Å². The van der Waals surface area contributed by atoms with Crippen molar-refractivity contribution < 1.29 is 13.2 Å². The van der Waals surface area contributed by atoms with Gasteiger partial charge in [0.15, 0.2) is 0 Å². The van der Waals surface area contributed by atoms with Crippen LogP contribution in [0.25, 0.3) is 11.4 Å². The highest BCUT2D eigenvalue weighted by Gasteiger charge is 2.33. The Balaban J connectivity index is 2.31. The molecule has 6 heteroatoms. The molecule has 0 aliphatic heterocycles. The lowest BCUT2D eigenvalue weighted by molar-refractivity contribution is -0.141. The second-order valence-electron chi connectivity index (χ2n) is 3.47. The van der Waals surface area contributed by atoms with Crippen molar-refractivity contribution in [1.82, 2.24) is 15.2 Å². The number of nitrogens with one attached hydrogen (secondary N) is 1.